The summed E-state index contributed by atoms with van der Waals surface area (Å²) in [6, 6.07) is 2.87. The van der Waals surface area contributed by atoms with Gasteiger partial charge in [0.2, 0.25) is 10.0 Å². The molecule has 0 aromatic heterocycles. The third-order valence-corrected chi connectivity index (χ3v) is 6.60. The van der Waals surface area contributed by atoms with Gasteiger partial charge in [-0.25, -0.2) is 13.1 Å². The molecule has 1 aromatic rings. The van der Waals surface area contributed by atoms with Crippen molar-refractivity contribution in [2.24, 2.45) is 0 Å². The fraction of sp³-hybridized carbons (Fsp3) is 0.455. The van der Waals surface area contributed by atoms with Crippen molar-refractivity contribution in [3.63, 3.8) is 0 Å². The number of nitrogens with one attached hydrogen (secondary N) is 1. The van der Waals surface area contributed by atoms with E-state index in [1.54, 1.807) is 11.8 Å². The Morgan fingerprint density at radius 2 is 2.05 bits per heavy atom. The molecular weight excluding hydrogens is 372 g/mol. The molecule has 3 N–H and O–H groups in total. The normalized spacial score (nSPS) is 12.7. The molecule has 108 valence electrons. The molecule has 1 aromatic carbocycles. The van der Waals surface area contributed by atoms with Gasteiger partial charge in [-0.05, 0) is 48.2 Å². The van der Waals surface area contributed by atoms with Crippen molar-refractivity contribution in [1.82, 2.24) is 4.72 Å². The van der Waals surface area contributed by atoms with Gasteiger partial charge in [0.25, 0.3) is 0 Å². The first-order chi connectivity index (χ1) is 8.59. The fourth-order valence-electron chi connectivity index (χ4n) is 1.20. The second-order valence-electron chi connectivity index (χ2n) is 4.60. The number of anilines is 1. The van der Waals surface area contributed by atoms with Crippen LogP contribution in [-0.2, 0) is 10.0 Å². The maximum absolute atomic E-state index is 12.3. The summed E-state index contributed by atoms with van der Waals surface area (Å²) < 4.78 is 27.2. The highest BCUT2D eigenvalue weighted by Gasteiger charge is 2.24. The van der Waals surface area contributed by atoms with Crippen molar-refractivity contribution in [2.45, 2.75) is 23.5 Å². The Kier molecular flexibility index (Phi) is 5.60. The lowest BCUT2D eigenvalue weighted by atomic mass is 10.2. The van der Waals surface area contributed by atoms with E-state index >= 15 is 0 Å². The lowest BCUT2D eigenvalue weighted by Crippen LogP contribution is -2.36. The first-order valence-corrected chi connectivity index (χ1v) is 9.26. The molecule has 0 saturated heterocycles. The summed E-state index contributed by atoms with van der Waals surface area (Å²) >= 11 is 10.6. The SMILES string of the molecule is CSC(C)(C)CNS(=O)(=O)c1cc(Cl)cc(N)c1Br. The highest BCUT2D eigenvalue weighted by atomic mass is 79.9. The monoisotopic (exact) mass is 386 g/mol. The lowest BCUT2D eigenvalue weighted by molar-refractivity contribution is 0.570. The number of nitrogens with two attached hydrogens (primary N) is 1. The predicted molar refractivity (Wildman–Crippen MR) is 86.3 cm³/mol. The maximum Gasteiger partial charge on any atom is 0.241 e. The fourth-order valence-corrected chi connectivity index (χ4v) is 4.01. The number of sulfonamides is 1. The number of halogens is 2. The van der Waals surface area contributed by atoms with Gasteiger partial charge in [0.1, 0.15) is 0 Å². The summed E-state index contributed by atoms with van der Waals surface area (Å²) in [5, 5.41) is 0.283. The first kappa shape index (κ1) is 17.1. The van der Waals surface area contributed by atoms with Crippen molar-refractivity contribution in [1.29, 1.82) is 0 Å². The van der Waals surface area contributed by atoms with Gasteiger partial charge >= 0.3 is 0 Å². The zero-order valence-corrected chi connectivity index (χ0v) is 14.8. The van der Waals surface area contributed by atoms with Gasteiger partial charge in [0.05, 0.1) is 9.37 Å². The number of hydrogen-bond acceptors (Lipinski definition) is 4. The minimum absolute atomic E-state index is 0.0504. The Balaban J connectivity index is 3.08. The number of rotatable bonds is 5. The number of benzene rings is 1. The van der Waals surface area contributed by atoms with E-state index in [0.29, 0.717) is 11.0 Å². The van der Waals surface area contributed by atoms with E-state index in [1.165, 1.54) is 12.1 Å². The maximum atomic E-state index is 12.3. The quantitative estimate of drug-likeness (QED) is 0.761. The Hall–Kier alpha value is 0.0500. The zero-order valence-electron chi connectivity index (χ0n) is 10.8. The van der Waals surface area contributed by atoms with Gasteiger partial charge in [0.15, 0.2) is 0 Å². The van der Waals surface area contributed by atoms with Crippen LogP contribution < -0.4 is 10.5 Å². The Labute approximate surface area is 131 Å². The van der Waals surface area contributed by atoms with Crippen LogP contribution in [-0.4, -0.2) is 26.0 Å². The van der Waals surface area contributed by atoms with Crippen molar-refractivity contribution < 1.29 is 8.42 Å². The van der Waals surface area contributed by atoms with Gasteiger partial charge in [-0.1, -0.05) is 11.6 Å². The van der Waals surface area contributed by atoms with Crippen molar-refractivity contribution in [3.8, 4) is 0 Å². The van der Waals surface area contributed by atoms with Gasteiger partial charge < -0.3 is 5.73 Å². The van der Waals surface area contributed by atoms with E-state index < -0.39 is 10.0 Å². The molecule has 0 bridgehead atoms. The molecule has 8 heteroatoms. The van der Waals surface area contributed by atoms with Gasteiger partial charge in [-0.15, -0.1) is 0 Å². The predicted octanol–water partition coefficient (Wildman–Crippen LogP) is 3.10. The van der Waals surface area contributed by atoms with Crippen molar-refractivity contribution in [2.75, 3.05) is 18.5 Å². The van der Waals surface area contributed by atoms with Crippen molar-refractivity contribution >= 4 is 55.0 Å². The summed E-state index contributed by atoms with van der Waals surface area (Å²) in [4.78, 5) is 0.0504. The van der Waals surface area contributed by atoms with E-state index in [9.17, 15) is 8.42 Å². The van der Waals surface area contributed by atoms with Crippen LogP contribution in [0.2, 0.25) is 5.02 Å². The van der Waals surface area contributed by atoms with Gasteiger partial charge in [0, 0.05) is 22.0 Å². The second-order valence-corrected chi connectivity index (χ2v) is 9.07. The summed E-state index contributed by atoms with van der Waals surface area (Å²) in [5.74, 6) is 0. The van der Waals surface area contributed by atoms with E-state index in [2.05, 4.69) is 20.7 Å². The zero-order chi connectivity index (χ0) is 14.8. The lowest BCUT2D eigenvalue weighted by Gasteiger charge is -2.22. The van der Waals surface area contributed by atoms with Crippen LogP contribution in [0.25, 0.3) is 0 Å². The molecule has 0 aliphatic carbocycles. The molecule has 0 unspecified atom stereocenters. The van der Waals surface area contributed by atoms with Crippen LogP contribution in [0.15, 0.2) is 21.5 Å². The third-order valence-electron chi connectivity index (χ3n) is 2.56. The van der Waals surface area contributed by atoms with Crippen LogP contribution >= 0.6 is 39.3 Å². The molecule has 0 atom stereocenters. The molecular formula is C11H16BrClN2O2S2. The summed E-state index contributed by atoms with van der Waals surface area (Å²) in [7, 11) is -3.65. The van der Waals surface area contributed by atoms with Crippen LogP contribution in [0, 0.1) is 0 Å². The van der Waals surface area contributed by atoms with Crippen LogP contribution in [0.4, 0.5) is 5.69 Å². The number of hydrogen-bond donors (Lipinski definition) is 2. The van der Waals surface area contributed by atoms with E-state index in [4.69, 9.17) is 17.3 Å². The summed E-state index contributed by atoms with van der Waals surface area (Å²) in [6.45, 7) is 4.23. The smallest absolute Gasteiger partial charge is 0.241 e. The number of thioether (sulfide) groups is 1. The van der Waals surface area contributed by atoms with Crippen molar-refractivity contribution in [3.05, 3.63) is 21.6 Å². The molecule has 19 heavy (non-hydrogen) atoms. The topological polar surface area (TPSA) is 72.2 Å². The Morgan fingerprint density at radius 1 is 1.47 bits per heavy atom. The highest BCUT2D eigenvalue weighted by molar-refractivity contribution is 9.10. The van der Waals surface area contributed by atoms with E-state index in [0.717, 1.165) is 0 Å². The Bertz CT molecular complexity index is 576. The summed E-state index contributed by atoms with van der Waals surface area (Å²) in [6.07, 6.45) is 1.93. The Morgan fingerprint density at radius 3 is 2.58 bits per heavy atom. The second kappa shape index (κ2) is 6.22. The van der Waals surface area contributed by atoms with Gasteiger partial charge in [-0.2, -0.15) is 11.8 Å². The molecule has 0 fully saturated rings. The molecule has 0 aliphatic heterocycles. The largest absolute Gasteiger partial charge is 0.398 e. The average Bonchev–Trinajstić information content (AvgIpc) is 2.31. The highest BCUT2D eigenvalue weighted by Crippen LogP contribution is 2.31. The number of nitrogen functional groups attached to an aromatic ring is 1. The van der Waals surface area contributed by atoms with E-state index in [1.807, 2.05) is 20.1 Å². The average molecular weight is 388 g/mol. The minimum atomic E-state index is -3.65. The molecule has 4 nitrogen and oxygen atoms in total. The van der Waals surface area contributed by atoms with Crippen LogP contribution in [0.5, 0.6) is 0 Å². The third kappa shape index (κ3) is 4.53. The van der Waals surface area contributed by atoms with Crippen LogP contribution in [0.3, 0.4) is 0 Å². The van der Waals surface area contributed by atoms with Gasteiger partial charge in [-0.3, -0.25) is 0 Å². The molecule has 0 radical (unpaired) electrons. The van der Waals surface area contributed by atoms with Crippen LogP contribution in [0.1, 0.15) is 13.8 Å². The molecule has 0 saturated carbocycles. The molecule has 0 heterocycles. The molecule has 0 aliphatic rings. The molecule has 0 amide bonds. The minimum Gasteiger partial charge on any atom is -0.398 e. The standard InChI is InChI=1S/C11H16BrClN2O2S2/c1-11(2,18-3)6-15-19(16,17)9-5-7(13)4-8(14)10(9)12/h4-5,15H,6,14H2,1-3H3. The summed E-state index contributed by atoms with van der Waals surface area (Å²) in [5.41, 5.74) is 5.99. The first-order valence-electron chi connectivity index (χ1n) is 5.38. The molecule has 0 spiro atoms. The molecule has 1 rings (SSSR count). The van der Waals surface area contributed by atoms with E-state index in [-0.39, 0.29) is 20.4 Å².